The largest absolute Gasteiger partial charge is 0.377 e. The predicted octanol–water partition coefficient (Wildman–Crippen LogP) is 2.47. The van der Waals surface area contributed by atoms with Crippen molar-refractivity contribution in [1.29, 1.82) is 0 Å². The highest BCUT2D eigenvalue weighted by molar-refractivity contribution is 7.85. The van der Waals surface area contributed by atoms with Crippen LogP contribution in [0.3, 0.4) is 0 Å². The Kier molecular flexibility index (Phi) is 6.82. The van der Waals surface area contributed by atoms with Crippen LogP contribution in [0.15, 0.2) is 0 Å². The second-order valence-electron chi connectivity index (χ2n) is 6.01. The molecular formula is C15H29NO2S. The number of ether oxygens (including phenoxy) is 1. The molecule has 0 radical (unpaired) electrons. The van der Waals surface area contributed by atoms with Gasteiger partial charge in [-0.15, -0.1) is 0 Å². The van der Waals surface area contributed by atoms with Crippen molar-refractivity contribution in [3.05, 3.63) is 0 Å². The highest BCUT2D eigenvalue weighted by Gasteiger charge is 2.27. The number of hydrogen-bond donors (Lipinski definition) is 1. The molecule has 1 N–H and O–H groups in total. The summed E-state index contributed by atoms with van der Waals surface area (Å²) < 4.78 is 17.9. The molecule has 2 aliphatic rings. The monoisotopic (exact) mass is 287 g/mol. The Morgan fingerprint density at radius 2 is 2.05 bits per heavy atom. The van der Waals surface area contributed by atoms with Gasteiger partial charge in [-0.05, 0) is 44.6 Å². The average molecular weight is 287 g/mol. The topological polar surface area (TPSA) is 38.3 Å². The second kappa shape index (κ2) is 8.38. The van der Waals surface area contributed by atoms with Crippen LogP contribution in [0.1, 0.15) is 51.9 Å². The molecule has 112 valence electrons. The lowest BCUT2D eigenvalue weighted by Crippen LogP contribution is -2.41. The fraction of sp³-hybridized carbons (Fsp3) is 1.00. The Morgan fingerprint density at radius 1 is 1.26 bits per heavy atom. The number of hydrogen-bond acceptors (Lipinski definition) is 3. The lowest BCUT2D eigenvalue weighted by molar-refractivity contribution is 0.128. The molecule has 2 rings (SSSR count). The normalized spacial score (nSPS) is 27.7. The van der Waals surface area contributed by atoms with Crippen molar-refractivity contribution in [2.75, 3.05) is 24.7 Å². The van der Waals surface area contributed by atoms with Crippen LogP contribution >= 0.6 is 0 Å². The number of rotatable bonds is 8. The van der Waals surface area contributed by atoms with Crippen molar-refractivity contribution in [1.82, 2.24) is 5.32 Å². The third kappa shape index (κ3) is 5.16. The first-order valence-electron chi connectivity index (χ1n) is 7.99. The minimum atomic E-state index is -0.727. The molecule has 1 heterocycles. The van der Waals surface area contributed by atoms with Crippen molar-refractivity contribution < 1.29 is 8.95 Å². The van der Waals surface area contributed by atoms with Crippen LogP contribution in [-0.2, 0) is 15.5 Å². The van der Waals surface area contributed by atoms with E-state index in [0.717, 1.165) is 49.8 Å². The molecule has 0 amide bonds. The number of nitrogens with one attached hydrogen (secondary N) is 1. The van der Waals surface area contributed by atoms with E-state index in [0.29, 0.717) is 6.04 Å². The molecule has 0 bridgehead atoms. The molecular weight excluding hydrogens is 258 g/mol. The van der Waals surface area contributed by atoms with Crippen LogP contribution in [0.4, 0.5) is 0 Å². The van der Waals surface area contributed by atoms with E-state index in [1.54, 1.807) is 0 Å². The van der Waals surface area contributed by atoms with Crippen LogP contribution in [0.25, 0.3) is 0 Å². The average Bonchev–Trinajstić information content (AvgIpc) is 3.06. The van der Waals surface area contributed by atoms with Gasteiger partial charge in [0.15, 0.2) is 0 Å². The summed E-state index contributed by atoms with van der Waals surface area (Å²) >= 11 is 0. The summed E-state index contributed by atoms with van der Waals surface area (Å²) in [5.41, 5.74) is 0. The van der Waals surface area contributed by atoms with Gasteiger partial charge in [0, 0.05) is 35.0 Å². The molecule has 1 aliphatic carbocycles. The van der Waals surface area contributed by atoms with E-state index in [-0.39, 0.29) is 6.10 Å². The zero-order valence-electron chi connectivity index (χ0n) is 12.2. The van der Waals surface area contributed by atoms with Crippen LogP contribution in [0.5, 0.6) is 0 Å². The molecule has 1 saturated heterocycles. The minimum absolute atomic E-state index is 0.260. The van der Waals surface area contributed by atoms with E-state index < -0.39 is 10.8 Å². The first-order chi connectivity index (χ1) is 9.29. The maximum Gasteiger partial charge on any atom is 0.0691 e. The van der Waals surface area contributed by atoms with Gasteiger partial charge >= 0.3 is 0 Å². The summed E-state index contributed by atoms with van der Waals surface area (Å²) in [6.45, 7) is 4.11. The van der Waals surface area contributed by atoms with Crippen LogP contribution < -0.4 is 5.32 Å². The van der Waals surface area contributed by atoms with Crippen molar-refractivity contribution in [3.63, 3.8) is 0 Å². The van der Waals surface area contributed by atoms with Gasteiger partial charge in [-0.2, -0.15) is 0 Å². The fourth-order valence-electron chi connectivity index (χ4n) is 3.30. The summed E-state index contributed by atoms with van der Waals surface area (Å²) in [4.78, 5) is 0. The van der Waals surface area contributed by atoms with Gasteiger partial charge in [0.05, 0.1) is 6.10 Å². The first-order valence-corrected chi connectivity index (χ1v) is 9.48. The van der Waals surface area contributed by atoms with Gasteiger partial charge < -0.3 is 10.1 Å². The van der Waals surface area contributed by atoms with E-state index >= 15 is 0 Å². The van der Waals surface area contributed by atoms with Crippen LogP contribution in [0.2, 0.25) is 0 Å². The van der Waals surface area contributed by atoms with Crippen LogP contribution in [0, 0.1) is 5.92 Å². The van der Waals surface area contributed by atoms with Gasteiger partial charge in [-0.3, -0.25) is 4.21 Å². The highest BCUT2D eigenvalue weighted by atomic mass is 32.2. The maximum absolute atomic E-state index is 12.3. The summed E-state index contributed by atoms with van der Waals surface area (Å²) in [6, 6.07) is 0.463. The van der Waals surface area contributed by atoms with Gasteiger partial charge in [0.2, 0.25) is 0 Å². The Morgan fingerprint density at radius 3 is 2.68 bits per heavy atom. The smallest absolute Gasteiger partial charge is 0.0691 e. The molecule has 3 atom stereocenters. The van der Waals surface area contributed by atoms with Gasteiger partial charge in [0.1, 0.15) is 0 Å². The summed E-state index contributed by atoms with van der Waals surface area (Å²) in [7, 11) is -0.727. The molecule has 0 spiro atoms. The summed E-state index contributed by atoms with van der Waals surface area (Å²) in [6.07, 6.45) is 9.00. The molecule has 2 fully saturated rings. The molecule has 3 nitrogen and oxygen atoms in total. The summed E-state index contributed by atoms with van der Waals surface area (Å²) in [5.74, 6) is 2.32. The van der Waals surface area contributed by atoms with Crippen molar-refractivity contribution >= 4 is 10.8 Å². The van der Waals surface area contributed by atoms with E-state index in [4.69, 9.17) is 4.74 Å². The Hall–Kier alpha value is 0.0700. The van der Waals surface area contributed by atoms with E-state index in [2.05, 4.69) is 12.2 Å². The SMILES string of the molecule is CCCNC(CS(=O)CC1CCCO1)C1CCCC1. The fourth-order valence-corrected chi connectivity index (χ4v) is 4.91. The van der Waals surface area contributed by atoms with Crippen LogP contribution in [-0.4, -0.2) is 41.0 Å². The molecule has 0 aromatic carbocycles. The Bertz CT molecular complexity index is 273. The Balaban J connectivity index is 1.77. The predicted molar refractivity (Wildman–Crippen MR) is 80.9 cm³/mol. The molecule has 3 unspecified atom stereocenters. The quantitative estimate of drug-likeness (QED) is 0.745. The molecule has 0 aromatic rings. The summed E-state index contributed by atoms with van der Waals surface area (Å²) in [5, 5.41) is 3.63. The van der Waals surface area contributed by atoms with Gasteiger partial charge in [-0.1, -0.05) is 19.8 Å². The first kappa shape index (κ1) is 15.5. The molecule has 1 aliphatic heterocycles. The van der Waals surface area contributed by atoms with Crippen molar-refractivity contribution in [3.8, 4) is 0 Å². The zero-order chi connectivity index (χ0) is 13.5. The van der Waals surface area contributed by atoms with Crippen molar-refractivity contribution in [2.24, 2.45) is 5.92 Å². The maximum atomic E-state index is 12.3. The highest BCUT2D eigenvalue weighted by Crippen LogP contribution is 2.28. The molecule has 1 saturated carbocycles. The third-order valence-electron chi connectivity index (χ3n) is 4.39. The second-order valence-corrected chi connectivity index (χ2v) is 7.56. The van der Waals surface area contributed by atoms with E-state index in [1.165, 1.54) is 25.7 Å². The lowest BCUT2D eigenvalue weighted by atomic mass is 10.00. The van der Waals surface area contributed by atoms with Crippen molar-refractivity contribution in [2.45, 2.75) is 64.0 Å². The zero-order valence-corrected chi connectivity index (χ0v) is 13.1. The minimum Gasteiger partial charge on any atom is -0.377 e. The molecule has 4 heteroatoms. The van der Waals surface area contributed by atoms with Gasteiger partial charge in [-0.25, -0.2) is 0 Å². The molecule has 0 aromatic heterocycles. The van der Waals surface area contributed by atoms with Gasteiger partial charge in [0.25, 0.3) is 0 Å². The van der Waals surface area contributed by atoms with E-state index in [9.17, 15) is 4.21 Å². The molecule has 19 heavy (non-hydrogen) atoms. The third-order valence-corrected chi connectivity index (χ3v) is 5.86. The Labute approximate surface area is 120 Å². The van der Waals surface area contributed by atoms with E-state index in [1.807, 2.05) is 0 Å². The lowest BCUT2D eigenvalue weighted by Gasteiger charge is -2.24. The standard InChI is InChI=1S/C15H29NO2S/c1-2-9-16-15(13-6-3-4-7-13)12-19(17)11-14-8-5-10-18-14/h13-16H,2-12H2,1H3.